The molecule has 2 aromatic heterocycles. The number of H-pyrrole nitrogens is 1. The third kappa shape index (κ3) is 2.08. The summed E-state index contributed by atoms with van der Waals surface area (Å²) in [7, 11) is 0. The van der Waals surface area contributed by atoms with E-state index >= 15 is 0 Å². The van der Waals surface area contributed by atoms with E-state index in [0.717, 1.165) is 0 Å². The first-order chi connectivity index (χ1) is 7.66. The molecular weight excluding hydrogens is 210 g/mol. The first kappa shape index (κ1) is 10.3. The quantitative estimate of drug-likeness (QED) is 0.685. The minimum atomic E-state index is -0.810. The van der Waals surface area contributed by atoms with Crippen LogP contribution in [0.3, 0.4) is 0 Å². The van der Waals surface area contributed by atoms with Gasteiger partial charge in [0.05, 0.1) is 0 Å². The summed E-state index contributed by atoms with van der Waals surface area (Å²) < 4.78 is 0. The Morgan fingerprint density at radius 2 is 2.31 bits per heavy atom. The van der Waals surface area contributed by atoms with Crippen LogP contribution in [0.5, 0.6) is 0 Å². The molecule has 2 rings (SSSR count). The second-order valence-corrected chi connectivity index (χ2v) is 3.39. The Morgan fingerprint density at radius 3 is 3.00 bits per heavy atom. The molecule has 0 radical (unpaired) electrons. The highest BCUT2D eigenvalue weighted by Gasteiger charge is 2.07. The van der Waals surface area contributed by atoms with Crippen molar-refractivity contribution in [3.63, 3.8) is 0 Å². The number of nitrogens with zero attached hydrogens (tertiary/aromatic N) is 3. The third-order valence-corrected chi connectivity index (χ3v) is 2.17. The number of nitrogen functional groups attached to an aromatic ring is 1. The van der Waals surface area contributed by atoms with Crippen LogP contribution in [0.1, 0.15) is 18.7 Å². The van der Waals surface area contributed by atoms with Crippen molar-refractivity contribution in [2.24, 2.45) is 0 Å². The van der Waals surface area contributed by atoms with Crippen LogP contribution < -0.4 is 5.73 Å². The van der Waals surface area contributed by atoms with E-state index in [1.807, 2.05) is 0 Å². The van der Waals surface area contributed by atoms with Gasteiger partial charge in [-0.2, -0.15) is 0 Å². The van der Waals surface area contributed by atoms with Crippen LogP contribution in [-0.4, -0.2) is 31.0 Å². The number of carbonyl (C=O) groups is 1. The second kappa shape index (κ2) is 4.13. The Balaban J connectivity index is 2.14. The van der Waals surface area contributed by atoms with Crippen LogP contribution in [0, 0.1) is 0 Å². The Bertz CT molecular complexity index is 522. The van der Waals surface area contributed by atoms with Gasteiger partial charge < -0.3 is 15.8 Å². The number of anilines is 1. The zero-order chi connectivity index (χ0) is 11.5. The van der Waals surface area contributed by atoms with Crippen molar-refractivity contribution in [3.05, 3.63) is 12.2 Å². The van der Waals surface area contributed by atoms with Gasteiger partial charge in [0, 0.05) is 12.8 Å². The lowest BCUT2D eigenvalue weighted by molar-refractivity contribution is -0.137. The van der Waals surface area contributed by atoms with Crippen LogP contribution in [0.25, 0.3) is 11.2 Å². The molecule has 0 aliphatic carbocycles. The summed E-state index contributed by atoms with van der Waals surface area (Å²) in [5, 5.41) is 8.50. The van der Waals surface area contributed by atoms with E-state index in [1.165, 1.54) is 6.33 Å². The van der Waals surface area contributed by atoms with E-state index in [1.54, 1.807) is 0 Å². The summed E-state index contributed by atoms with van der Waals surface area (Å²) in [4.78, 5) is 25.3. The SMILES string of the molecule is Nc1ncnc2nc(CCCC(=O)O)[nH]c12. The van der Waals surface area contributed by atoms with E-state index in [-0.39, 0.29) is 6.42 Å². The fourth-order valence-corrected chi connectivity index (χ4v) is 1.42. The van der Waals surface area contributed by atoms with E-state index in [0.29, 0.717) is 35.6 Å². The standard InChI is InChI=1S/C9H11N5O2/c10-8-7-9(12-4-11-8)14-5(13-7)2-1-3-6(15)16/h4H,1-3H2,(H,15,16)(H3,10,11,12,13,14). The molecule has 7 nitrogen and oxygen atoms in total. The molecule has 0 atom stereocenters. The molecule has 0 bridgehead atoms. The van der Waals surface area contributed by atoms with Gasteiger partial charge in [0.1, 0.15) is 17.7 Å². The molecule has 0 unspecified atom stereocenters. The molecule has 0 aliphatic rings. The van der Waals surface area contributed by atoms with Gasteiger partial charge in [0.2, 0.25) is 0 Å². The number of carboxylic acid groups (broad SMARTS) is 1. The van der Waals surface area contributed by atoms with Gasteiger partial charge in [0.25, 0.3) is 0 Å². The molecule has 2 heterocycles. The van der Waals surface area contributed by atoms with E-state index in [4.69, 9.17) is 10.8 Å². The molecule has 0 saturated heterocycles. The van der Waals surface area contributed by atoms with Crippen molar-refractivity contribution in [2.45, 2.75) is 19.3 Å². The van der Waals surface area contributed by atoms with E-state index in [9.17, 15) is 4.79 Å². The van der Waals surface area contributed by atoms with Gasteiger partial charge in [-0.05, 0) is 6.42 Å². The average molecular weight is 221 g/mol. The molecule has 0 aromatic carbocycles. The summed E-state index contributed by atoms with van der Waals surface area (Å²) in [5.41, 5.74) is 6.75. The number of aliphatic carboxylic acids is 1. The van der Waals surface area contributed by atoms with Gasteiger partial charge in [-0.3, -0.25) is 4.79 Å². The Labute approximate surface area is 90.7 Å². The molecule has 4 N–H and O–H groups in total. The van der Waals surface area contributed by atoms with Crippen LogP contribution in [0.15, 0.2) is 6.33 Å². The first-order valence-electron chi connectivity index (χ1n) is 4.83. The van der Waals surface area contributed by atoms with Crippen LogP contribution in [0.4, 0.5) is 5.82 Å². The fraction of sp³-hybridized carbons (Fsp3) is 0.333. The highest BCUT2D eigenvalue weighted by Crippen LogP contribution is 2.14. The number of carboxylic acids is 1. The number of aryl methyl sites for hydroxylation is 1. The average Bonchev–Trinajstić information content (AvgIpc) is 2.61. The maximum Gasteiger partial charge on any atom is 0.303 e. The topological polar surface area (TPSA) is 118 Å². The lowest BCUT2D eigenvalue weighted by atomic mass is 10.2. The molecule has 16 heavy (non-hydrogen) atoms. The molecule has 0 amide bonds. The van der Waals surface area contributed by atoms with E-state index in [2.05, 4.69) is 19.9 Å². The zero-order valence-corrected chi connectivity index (χ0v) is 8.47. The van der Waals surface area contributed by atoms with Crippen LogP contribution in [-0.2, 0) is 11.2 Å². The largest absolute Gasteiger partial charge is 0.481 e. The fourth-order valence-electron chi connectivity index (χ4n) is 1.42. The molecule has 2 aromatic rings. The predicted octanol–water partition coefficient (Wildman–Crippen LogP) is 0.342. The van der Waals surface area contributed by atoms with Crippen molar-refractivity contribution in [3.8, 4) is 0 Å². The van der Waals surface area contributed by atoms with Crippen molar-refractivity contribution >= 4 is 23.0 Å². The number of hydrogen-bond acceptors (Lipinski definition) is 5. The Morgan fingerprint density at radius 1 is 1.50 bits per heavy atom. The second-order valence-electron chi connectivity index (χ2n) is 3.39. The number of fused-ring (bicyclic) bond motifs is 1. The number of aromatic amines is 1. The molecule has 0 saturated carbocycles. The predicted molar refractivity (Wildman–Crippen MR) is 56.7 cm³/mol. The maximum absolute atomic E-state index is 10.3. The molecule has 0 aliphatic heterocycles. The Kier molecular flexibility index (Phi) is 2.67. The van der Waals surface area contributed by atoms with Crippen molar-refractivity contribution in [1.82, 2.24) is 19.9 Å². The summed E-state index contributed by atoms with van der Waals surface area (Å²) in [6.07, 6.45) is 2.56. The maximum atomic E-state index is 10.3. The molecule has 7 heteroatoms. The van der Waals surface area contributed by atoms with Crippen LogP contribution >= 0.6 is 0 Å². The zero-order valence-electron chi connectivity index (χ0n) is 8.47. The number of hydrogen-bond donors (Lipinski definition) is 3. The van der Waals surface area contributed by atoms with Crippen LogP contribution in [0.2, 0.25) is 0 Å². The summed E-state index contributed by atoms with van der Waals surface area (Å²) in [6, 6.07) is 0. The number of imidazole rings is 1. The minimum absolute atomic E-state index is 0.123. The van der Waals surface area contributed by atoms with Gasteiger partial charge in [-0.15, -0.1) is 0 Å². The lowest BCUT2D eigenvalue weighted by Gasteiger charge is -1.93. The normalized spacial score (nSPS) is 10.8. The molecule has 84 valence electrons. The van der Waals surface area contributed by atoms with Gasteiger partial charge in [0.15, 0.2) is 11.5 Å². The monoisotopic (exact) mass is 221 g/mol. The minimum Gasteiger partial charge on any atom is -0.481 e. The smallest absolute Gasteiger partial charge is 0.303 e. The highest BCUT2D eigenvalue weighted by atomic mass is 16.4. The molecule has 0 spiro atoms. The molecule has 0 fully saturated rings. The summed E-state index contributed by atoms with van der Waals surface area (Å²) in [5.74, 6) is 0.223. The first-order valence-corrected chi connectivity index (χ1v) is 4.83. The van der Waals surface area contributed by atoms with Crippen molar-refractivity contribution in [1.29, 1.82) is 0 Å². The van der Waals surface area contributed by atoms with Crippen molar-refractivity contribution in [2.75, 3.05) is 5.73 Å². The number of aromatic nitrogens is 4. The highest BCUT2D eigenvalue weighted by molar-refractivity contribution is 5.80. The summed E-state index contributed by atoms with van der Waals surface area (Å²) in [6.45, 7) is 0. The molecular formula is C9H11N5O2. The summed E-state index contributed by atoms with van der Waals surface area (Å²) >= 11 is 0. The number of nitrogens with two attached hydrogens (primary N) is 1. The Hall–Kier alpha value is -2.18. The number of rotatable bonds is 4. The van der Waals surface area contributed by atoms with Gasteiger partial charge in [-0.25, -0.2) is 15.0 Å². The van der Waals surface area contributed by atoms with Gasteiger partial charge >= 0.3 is 5.97 Å². The number of nitrogens with one attached hydrogen (secondary N) is 1. The van der Waals surface area contributed by atoms with Gasteiger partial charge in [-0.1, -0.05) is 0 Å². The third-order valence-electron chi connectivity index (χ3n) is 2.17. The van der Waals surface area contributed by atoms with E-state index < -0.39 is 5.97 Å². The van der Waals surface area contributed by atoms with Crippen molar-refractivity contribution < 1.29 is 9.90 Å². The lowest BCUT2D eigenvalue weighted by Crippen LogP contribution is -1.96.